The minimum atomic E-state index is -0.242. The number of nitrogens with zero attached hydrogens (tertiary/aromatic N) is 1. The van der Waals surface area contributed by atoms with E-state index in [1.807, 2.05) is 13.0 Å². The van der Waals surface area contributed by atoms with Crippen LogP contribution in [0, 0.1) is 13.8 Å². The number of aryl methyl sites for hydroxylation is 1. The molecule has 0 aliphatic carbocycles. The van der Waals surface area contributed by atoms with E-state index >= 15 is 0 Å². The number of esters is 1. The molecule has 3 heteroatoms. The second-order valence-corrected chi connectivity index (χ2v) is 4.12. The molecular formula is C14H21NO2. The van der Waals surface area contributed by atoms with Crippen LogP contribution in [-0.4, -0.2) is 17.1 Å². The molecule has 0 unspecified atom stereocenters. The van der Waals surface area contributed by atoms with Crippen LogP contribution in [0.15, 0.2) is 11.6 Å². The molecule has 1 heterocycles. The highest BCUT2D eigenvalue weighted by Gasteiger charge is 2.09. The van der Waals surface area contributed by atoms with Gasteiger partial charge < -0.3 is 9.30 Å². The van der Waals surface area contributed by atoms with Gasteiger partial charge in [-0.15, -0.1) is 0 Å². The third kappa shape index (κ3) is 2.99. The molecule has 1 aromatic heterocycles. The van der Waals surface area contributed by atoms with Crippen molar-refractivity contribution in [1.82, 2.24) is 4.57 Å². The summed E-state index contributed by atoms with van der Waals surface area (Å²) in [5.41, 5.74) is 4.14. The number of carbonyl (C=O) groups is 1. The number of carbonyl (C=O) groups excluding carboxylic acids is 1. The van der Waals surface area contributed by atoms with Crippen LogP contribution < -0.4 is 0 Å². The van der Waals surface area contributed by atoms with Crippen LogP contribution in [0.4, 0.5) is 0 Å². The monoisotopic (exact) mass is 235 g/mol. The van der Waals surface area contributed by atoms with Gasteiger partial charge in [0.25, 0.3) is 0 Å². The second-order valence-electron chi connectivity index (χ2n) is 4.12. The minimum Gasteiger partial charge on any atom is -0.463 e. The van der Waals surface area contributed by atoms with E-state index in [0.29, 0.717) is 12.2 Å². The van der Waals surface area contributed by atoms with Crippen LogP contribution in [0.2, 0.25) is 0 Å². The Morgan fingerprint density at radius 3 is 2.53 bits per heavy atom. The predicted octanol–water partition coefficient (Wildman–Crippen LogP) is 3.09. The van der Waals surface area contributed by atoms with Gasteiger partial charge in [-0.25, -0.2) is 4.79 Å². The van der Waals surface area contributed by atoms with Crippen molar-refractivity contribution in [2.75, 3.05) is 6.61 Å². The van der Waals surface area contributed by atoms with Crippen LogP contribution in [0.1, 0.15) is 37.7 Å². The highest BCUT2D eigenvalue weighted by atomic mass is 16.5. The Hall–Kier alpha value is -1.51. The van der Waals surface area contributed by atoms with Crippen LogP contribution in [-0.2, 0) is 16.1 Å². The average molecular weight is 235 g/mol. The molecule has 0 aromatic carbocycles. The van der Waals surface area contributed by atoms with Crippen LogP contribution >= 0.6 is 0 Å². The summed E-state index contributed by atoms with van der Waals surface area (Å²) in [5.74, 6) is -0.242. The molecule has 0 N–H and O–H groups in total. The van der Waals surface area contributed by atoms with E-state index < -0.39 is 0 Å². The first-order chi connectivity index (χ1) is 8.01. The molecule has 1 aromatic rings. The van der Waals surface area contributed by atoms with Crippen molar-refractivity contribution in [3.05, 3.63) is 28.6 Å². The molecule has 0 amide bonds. The van der Waals surface area contributed by atoms with Crippen molar-refractivity contribution >= 4 is 12.0 Å². The maximum atomic E-state index is 11.5. The summed E-state index contributed by atoms with van der Waals surface area (Å²) >= 11 is 0. The lowest BCUT2D eigenvalue weighted by Gasteiger charge is -2.05. The number of ether oxygens (including phenoxy) is 1. The van der Waals surface area contributed by atoms with E-state index in [9.17, 15) is 4.79 Å². The first-order valence-electron chi connectivity index (χ1n) is 6.03. The van der Waals surface area contributed by atoms with Gasteiger partial charge in [0.2, 0.25) is 0 Å². The summed E-state index contributed by atoms with van der Waals surface area (Å²) in [6.07, 6.45) is 1.90. The lowest BCUT2D eigenvalue weighted by atomic mass is 10.1. The summed E-state index contributed by atoms with van der Waals surface area (Å²) in [4.78, 5) is 11.5. The molecule has 1 rings (SSSR count). The predicted molar refractivity (Wildman–Crippen MR) is 69.9 cm³/mol. The standard InChI is InChI=1S/C14H21NO2/c1-6-15-11(4)9-13(12(15)5)8-10(3)14(16)17-7-2/h8-9H,6-7H2,1-5H3/b10-8+. The van der Waals surface area contributed by atoms with Gasteiger partial charge in [-0.2, -0.15) is 0 Å². The molecular weight excluding hydrogens is 214 g/mol. The van der Waals surface area contributed by atoms with Crippen molar-refractivity contribution < 1.29 is 9.53 Å². The molecule has 0 saturated heterocycles. The maximum Gasteiger partial charge on any atom is 0.333 e. The molecule has 0 aliphatic rings. The quantitative estimate of drug-likeness (QED) is 0.593. The maximum absolute atomic E-state index is 11.5. The smallest absolute Gasteiger partial charge is 0.333 e. The molecule has 0 saturated carbocycles. The summed E-state index contributed by atoms with van der Waals surface area (Å²) in [6.45, 7) is 11.2. The van der Waals surface area contributed by atoms with Crippen molar-refractivity contribution in [2.45, 2.75) is 41.2 Å². The van der Waals surface area contributed by atoms with Crippen molar-refractivity contribution in [3.8, 4) is 0 Å². The number of hydrogen-bond donors (Lipinski definition) is 0. The molecule has 94 valence electrons. The first kappa shape index (κ1) is 13.6. The minimum absolute atomic E-state index is 0.242. The Bertz CT molecular complexity index is 441. The van der Waals surface area contributed by atoms with Gasteiger partial charge in [0.05, 0.1) is 6.61 Å². The fraction of sp³-hybridized carbons (Fsp3) is 0.500. The van der Waals surface area contributed by atoms with Gasteiger partial charge in [0.15, 0.2) is 0 Å². The van der Waals surface area contributed by atoms with Crippen LogP contribution in [0.25, 0.3) is 6.08 Å². The number of rotatable bonds is 4. The van der Waals surface area contributed by atoms with Crippen LogP contribution in [0.3, 0.4) is 0 Å². The lowest BCUT2D eigenvalue weighted by molar-refractivity contribution is -0.138. The Kier molecular flexibility index (Phi) is 4.55. The fourth-order valence-electron chi connectivity index (χ4n) is 2.00. The highest BCUT2D eigenvalue weighted by Crippen LogP contribution is 2.18. The van der Waals surface area contributed by atoms with Crippen molar-refractivity contribution in [3.63, 3.8) is 0 Å². The molecule has 0 atom stereocenters. The van der Waals surface area contributed by atoms with E-state index in [0.717, 1.165) is 12.1 Å². The van der Waals surface area contributed by atoms with E-state index in [4.69, 9.17) is 4.74 Å². The topological polar surface area (TPSA) is 31.2 Å². The third-order valence-electron chi connectivity index (χ3n) is 2.90. The van der Waals surface area contributed by atoms with Gasteiger partial charge in [-0.05, 0) is 52.3 Å². The SMILES string of the molecule is CCOC(=O)/C(C)=C/c1cc(C)n(CC)c1C. The Labute approximate surface area is 103 Å². The molecule has 0 radical (unpaired) electrons. The fourth-order valence-corrected chi connectivity index (χ4v) is 2.00. The highest BCUT2D eigenvalue weighted by molar-refractivity contribution is 5.93. The van der Waals surface area contributed by atoms with E-state index in [1.54, 1.807) is 6.92 Å². The molecule has 3 nitrogen and oxygen atoms in total. The van der Waals surface area contributed by atoms with Gasteiger partial charge >= 0.3 is 5.97 Å². The third-order valence-corrected chi connectivity index (χ3v) is 2.90. The summed E-state index contributed by atoms with van der Waals surface area (Å²) in [6, 6.07) is 2.10. The molecule has 0 fully saturated rings. The zero-order chi connectivity index (χ0) is 13.0. The molecule has 0 spiro atoms. The van der Waals surface area contributed by atoms with E-state index in [-0.39, 0.29) is 5.97 Å². The Morgan fingerprint density at radius 1 is 1.41 bits per heavy atom. The van der Waals surface area contributed by atoms with Crippen molar-refractivity contribution in [2.24, 2.45) is 0 Å². The number of aromatic nitrogens is 1. The largest absolute Gasteiger partial charge is 0.463 e. The average Bonchev–Trinajstić information content (AvgIpc) is 2.54. The van der Waals surface area contributed by atoms with Crippen LogP contribution in [0.5, 0.6) is 0 Å². The normalized spacial score (nSPS) is 11.7. The van der Waals surface area contributed by atoms with Gasteiger partial charge in [-0.1, -0.05) is 0 Å². The Balaban J connectivity index is 3.02. The Morgan fingerprint density at radius 2 is 2.06 bits per heavy atom. The lowest BCUT2D eigenvalue weighted by Crippen LogP contribution is -2.05. The van der Waals surface area contributed by atoms with Gasteiger partial charge in [0, 0.05) is 23.5 Å². The molecule has 0 aliphatic heterocycles. The van der Waals surface area contributed by atoms with E-state index in [1.165, 1.54) is 11.4 Å². The number of hydrogen-bond acceptors (Lipinski definition) is 2. The summed E-state index contributed by atoms with van der Waals surface area (Å²) < 4.78 is 7.19. The zero-order valence-electron chi connectivity index (χ0n) is 11.3. The van der Waals surface area contributed by atoms with Gasteiger partial charge in [0.1, 0.15) is 0 Å². The van der Waals surface area contributed by atoms with Gasteiger partial charge in [-0.3, -0.25) is 0 Å². The summed E-state index contributed by atoms with van der Waals surface area (Å²) in [7, 11) is 0. The van der Waals surface area contributed by atoms with E-state index in [2.05, 4.69) is 31.4 Å². The van der Waals surface area contributed by atoms with Crippen molar-refractivity contribution in [1.29, 1.82) is 0 Å². The summed E-state index contributed by atoms with van der Waals surface area (Å²) in [5, 5.41) is 0. The second kappa shape index (κ2) is 5.71. The first-order valence-corrected chi connectivity index (χ1v) is 6.03. The molecule has 17 heavy (non-hydrogen) atoms. The zero-order valence-corrected chi connectivity index (χ0v) is 11.3. The molecule has 0 bridgehead atoms.